The molecule has 1 fully saturated rings. The predicted octanol–water partition coefficient (Wildman–Crippen LogP) is 3.26. The van der Waals surface area contributed by atoms with Crippen molar-refractivity contribution in [3.05, 3.63) is 46.7 Å². The van der Waals surface area contributed by atoms with E-state index in [0.29, 0.717) is 6.54 Å². The molecule has 0 amide bonds. The zero-order valence-corrected chi connectivity index (χ0v) is 15.8. The smallest absolute Gasteiger partial charge is 0.147 e. The summed E-state index contributed by atoms with van der Waals surface area (Å²) in [4.78, 5) is 16.7. The number of hydrogen-bond acceptors (Lipinski definition) is 4. The van der Waals surface area contributed by atoms with Crippen molar-refractivity contribution in [2.45, 2.75) is 39.8 Å². The molecule has 0 radical (unpaired) electrons. The summed E-state index contributed by atoms with van der Waals surface area (Å²) in [7, 11) is 0. The molecular formula is C19H28ClN3O. The summed E-state index contributed by atoms with van der Waals surface area (Å²) in [5.74, 6) is 0. The van der Waals surface area contributed by atoms with Gasteiger partial charge in [0.05, 0.1) is 0 Å². The van der Waals surface area contributed by atoms with E-state index in [1.54, 1.807) is 6.20 Å². The minimum atomic E-state index is -0.600. The highest BCUT2D eigenvalue weighted by Crippen LogP contribution is 2.40. The molecule has 0 aliphatic carbocycles. The predicted molar refractivity (Wildman–Crippen MR) is 99.6 cm³/mol. The normalized spacial score (nSPS) is 24.4. The van der Waals surface area contributed by atoms with Crippen LogP contribution in [0.3, 0.4) is 0 Å². The molecular weight excluding hydrogens is 322 g/mol. The average Bonchev–Trinajstić information content (AvgIpc) is 2.54. The summed E-state index contributed by atoms with van der Waals surface area (Å²) < 4.78 is 0. The molecule has 5 heteroatoms. The van der Waals surface area contributed by atoms with Crippen LogP contribution in [0.15, 0.2) is 36.2 Å². The number of likely N-dealkylation sites (N-methyl/N-ethyl adjacent to an activating group) is 1. The fourth-order valence-electron chi connectivity index (χ4n) is 3.56. The van der Waals surface area contributed by atoms with Gasteiger partial charge in [-0.25, -0.2) is 0 Å². The molecule has 1 aromatic carbocycles. The Bertz CT molecular complexity index is 606. The maximum atomic E-state index is 12.2. The molecule has 1 heterocycles. The van der Waals surface area contributed by atoms with Crippen LogP contribution in [0.5, 0.6) is 0 Å². The zero-order valence-electron chi connectivity index (χ0n) is 15.1. The summed E-state index contributed by atoms with van der Waals surface area (Å²) in [5, 5.41) is 0.731. The topological polar surface area (TPSA) is 49.6 Å². The lowest BCUT2D eigenvalue weighted by Gasteiger charge is -2.56. The first-order valence-electron chi connectivity index (χ1n) is 8.39. The van der Waals surface area contributed by atoms with Crippen LogP contribution in [0, 0.1) is 5.41 Å². The Kier molecular flexibility index (Phi) is 5.61. The molecule has 1 aromatic rings. The molecule has 1 unspecified atom stereocenters. The van der Waals surface area contributed by atoms with Gasteiger partial charge in [-0.3, -0.25) is 4.90 Å². The molecule has 4 nitrogen and oxygen atoms in total. The van der Waals surface area contributed by atoms with Crippen molar-refractivity contribution in [2.24, 2.45) is 11.1 Å². The van der Waals surface area contributed by atoms with E-state index in [0.717, 1.165) is 36.6 Å². The van der Waals surface area contributed by atoms with E-state index in [9.17, 15) is 4.79 Å². The van der Waals surface area contributed by atoms with Crippen LogP contribution in [0.4, 0.5) is 0 Å². The lowest BCUT2D eigenvalue weighted by Crippen LogP contribution is -2.67. The Balaban J connectivity index is 2.36. The fraction of sp³-hybridized carbons (Fsp3) is 0.526. The first-order valence-corrected chi connectivity index (χ1v) is 8.76. The van der Waals surface area contributed by atoms with Crippen LogP contribution < -0.4 is 5.73 Å². The van der Waals surface area contributed by atoms with Gasteiger partial charge < -0.3 is 15.4 Å². The third-order valence-electron chi connectivity index (χ3n) is 5.00. The Hall–Kier alpha value is -1.52. The number of rotatable bonds is 4. The Morgan fingerprint density at radius 3 is 2.38 bits per heavy atom. The molecule has 1 atom stereocenters. The first-order chi connectivity index (χ1) is 11.3. The molecule has 0 bridgehead atoms. The van der Waals surface area contributed by atoms with Crippen molar-refractivity contribution in [1.29, 1.82) is 0 Å². The van der Waals surface area contributed by atoms with Gasteiger partial charge >= 0.3 is 0 Å². The Morgan fingerprint density at radius 1 is 1.29 bits per heavy atom. The Morgan fingerprint density at radius 2 is 1.92 bits per heavy atom. The van der Waals surface area contributed by atoms with Gasteiger partial charge in [0.15, 0.2) is 0 Å². The average molecular weight is 350 g/mol. The van der Waals surface area contributed by atoms with Crippen LogP contribution >= 0.6 is 11.6 Å². The highest BCUT2D eigenvalue weighted by atomic mass is 35.5. The number of hydrogen-bond donors (Lipinski definition) is 1. The SMILES string of the molecule is CCN1/C(=C\N)CN(Cc2ccc(Cl)cc2)CC1(C=O)C(C)(C)C. The summed E-state index contributed by atoms with van der Waals surface area (Å²) in [6, 6.07) is 7.85. The van der Waals surface area contributed by atoms with E-state index in [4.69, 9.17) is 17.3 Å². The first kappa shape index (κ1) is 18.8. The summed E-state index contributed by atoms with van der Waals surface area (Å²) >= 11 is 5.97. The van der Waals surface area contributed by atoms with E-state index in [-0.39, 0.29) is 5.41 Å². The van der Waals surface area contributed by atoms with Crippen LogP contribution in [-0.4, -0.2) is 41.3 Å². The van der Waals surface area contributed by atoms with Crippen LogP contribution in [0.1, 0.15) is 33.3 Å². The second-order valence-electron chi connectivity index (χ2n) is 7.47. The molecule has 132 valence electrons. The lowest BCUT2D eigenvalue weighted by atomic mass is 9.71. The third kappa shape index (κ3) is 3.45. The van der Waals surface area contributed by atoms with Crippen molar-refractivity contribution >= 4 is 17.9 Å². The van der Waals surface area contributed by atoms with Gasteiger partial charge in [0.1, 0.15) is 11.8 Å². The highest BCUT2D eigenvalue weighted by molar-refractivity contribution is 6.30. The summed E-state index contributed by atoms with van der Waals surface area (Å²) in [6.07, 6.45) is 2.75. The van der Waals surface area contributed by atoms with Crippen LogP contribution in [-0.2, 0) is 11.3 Å². The van der Waals surface area contributed by atoms with Gasteiger partial charge in [-0.2, -0.15) is 0 Å². The molecule has 0 aromatic heterocycles. The van der Waals surface area contributed by atoms with Crippen molar-refractivity contribution in [2.75, 3.05) is 19.6 Å². The van der Waals surface area contributed by atoms with E-state index in [1.165, 1.54) is 5.56 Å². The van der Waals surface area contributed by atoms with Crippen LogP contribution in [0.2, 0.25) is 5.02 Å². The largest absolute Gasteiger partial charge is 0.403 e. The zero-order chi connectivity index (χ0) is 18.0. The number of piperazine rings is 1. The monoisotopic (exact) mass is 349 g/mol. The maximum Gasteiger partial charge on any atom is 0.147 e. The van der Waals surface area contributed by atoms with Gasteiger partial charge in [-0.15, -0.1) is 0 Å². The van der Waals surface area contributed by atoms with E-state index >= 15 is 0 Å². The molecule has 0 saturated carbocycles. The van der Waals surface area contributed by atoms with E-state index in [1.807, 2.05) is 24.3 Å². The molecule has 1 saturated heterocycles. The van der Waals surface area contributed by atoms with Gasteiger partial charge in [0.25, 0.3) is 0 Å². The van der Waals surface area contributed by atoms with E-state index < -0.39 is 5.54 Å². The Labute approximate surface area is 150 Å². The molecule has 2 rings (SSSR count). The molecule has 1 aliphatic rings. The van der Waals surface area contributed by atoms with Crippen molar-refractivity contribution in [3.8, 4) is 0 Å². The fourth-order valence-corrected chi connectivity index (χ4v) is 3.69. The number of aldehydes is 1. The molecule has 0 spiro atoms. The number of carbonyl (C=O) groups is 1. The third-order valence-corrected chi connectivity index (χ3v) is 5.25. The van der Waals surface area contributed by atoms with Crippen molar-refractivity contribution in [1.82, 2.24) is 9.80 Å². The van der Waals surface area contributed by atoms with Crippen molar-refractivity contribution < 1.29 is 4.79 Å². The standard InChI is InChI=1S/C19H28ClN3O/c1-5-23-17(10-21)12-22(11-15-6-8-16(20)9-7-15)13-19(23,14-24)18(2,3)4/h6-10,14H,5,11-13,21H2,1-4H3/b17-10-. The van der Waals surface area contributed by atoms with E-state index in [2.05, 4.69) is 37.5 Å². The van der Waals surface area contributed by atoms with Gasteiger partial charge in [-0.1, -0.05) is 44.5 Å². The molecule has 24 heavy (non-hydrogen) atoms. The maximum absolute atomic E-state index is 12.2. The minimum Gasteiger partial charge on any atom is -0.403 e. The number of benzene rings is 1. The summed E-state index contributed by atoms with van der Waals surface area (Å²) in [6.45, 7) is 11.3. The molecule has 2 N–H and O–H groups in total. The molecule has 1 aliphatic heterocycles. The number of halogens is 1. The number of nitrogens with zero attached hydrogens (tertiary/aromatic N) is 2. The second-order valence-corrected chi connectivity index (χ2v) is 7.90. The van der Waals surface area contributed by atoms with Gasteiger partial charge in [0.2, 0.25) is 0 Å². The lowest BCUT2D eigenvalue weighted by molar-refractivity contribution is -0.130. The second kappa shape index (κ2) is 7.16. The minimum absolute atomic E-state index is 0.211. The van der Waals surface area contributed by atoms with Gasteiger partial charge in [-0.05, 0) is 30.0 Å². The number of nitrogens with two attached hydrogens (primary N) is 1. The quantitative estimate of drug-likeness (QED) is 0.848. The van der Waals surface area contributed by atoms with Gasteiger partial charge in [0, 0.05) is 43.1 Å². The number of carbonyl (C=O) groups excluding carboxylic acids is 1. The summed E-state index contributed by atoms with van der Waals surface area (Å²) in [5.41, 5.74) is 7.26. The van der Waals surface area contributed by atoms with Crippen molar-refractivity contribution in [3.63, 3.8) is 0 Å². The van der Waals surface area contributed by atoms with Crippen LogP contribution in [0.25, 0.3) is 0 Å². The highest BCUT2D eigenvalue weighted by Gasteiger charge is 2.50.